The SMILES string of the molecule is CCCCOC(C)(OCCCC)OC(=O)CCC(=O)O. The van der Waals surface area contributed by atoms with Gasteiger partial charge in [-0.15, -0.1) is 0 Å². The maximum Gasteiger partial charge on any atom is 0.326 e. The van der Waals surface area contributed by atoms with Crippen LogP contribution in [-0.4, -0.2) is 36.2 Å². The molecule has 0 aliphatic carbocycles. The summed E-state index contributed by atoms with van der Waals surface area (Å²) in [5.74, 6) is -3.11. The van der Waals surface area contributed by atoms with E-state index in [1.807, 2.05) is 13.8 Å². The van der Waals surface area contributed by atoms with Gasteiger partial charge in [-0.2, -0.15) is 0 Å². The second-order valence-corrected chi connectivity index (χ2v) is 4.63. The molecule has 0 saturated carbocycles. The topological polar surface area (TPSA) is 82.1 Å². The molecular formula is C14H26O6. The highest BCUT2D eigenvalue weighted by Gasteiger charge is 2.31. The normalized spacial score (nSPS) is 11.3. The lowest BCUT2D eigenvalue weighted by Crippen LogP contribution is -2.38. The van der Waals surface area contributed by atoms with Gasteiger partial charge in [-0.05, 0) is 12.8 Å². The number of carboxylic acid groups (broad SMARTS) is 1. The van der Waals surface area contributed by atoms with Gasteiger partial charge in [0.15, 0.2) is 0 Å². The molecule has 0 aliphatic rings. The first-order chi connectivity index (χ1) is 9.43. The summed E-state index contributed by atoms with van der Waals surface area (Å²) in [7, 11) is 0. The molecule has 0 saturated heterocycles. The molecule has 1 N–H and O–H groups in total. The number of hydrogen-bond donors (Lipinski definition) is 1. The van der Waals surface area contributed by atoms with Gasteiger partial charge in [-0.1, -0.05) is 26.7 Å². The van der Waals surface area contributed by atoms with Crippen LogP contribution in [0.15, 0.2) is 0 Å². The van der Waals surface area contributed by atoms with Crippen LogP contribution in [0.1, 0.15) is 59.3 Å². The molecule has 0 fully saturated rings. The maximum atomic E-state index is 11.6. The van der Waals surface area contributed by atoms with Crippen LogP contribution in [0.5, 0.6) is 0 Å². The minimum Gasteiger partial charge on any atom is -0.481 e. The minimum atomic E-state index is -1.43. The summed E-state index contributed by atoms with van der Waals surface area (Å²) in [4.78, 5) is 22.0. The molecule has 0 unspecified atom stereocenters. The van der Waals surface area contributed by atoms with Gasteiger partial charge < -0.3 is 19.3 Å². The number of aliphatic carboxylic acids is 1. The summed E-state index contributed by atoms with van der Waals surface area (Å²) in [6.07, 6.45) is 3.12. The van der Waals surface area contributed by atoms with Crippen LogP contribution in [0.25, 0.3) is 0 Å². The predicted octanol–water partition coefficient (Wildman–Crippen LogP) is 2.70. The molecule has 0 amide bonds. The van der Waals surface area contributed by atoms with E-state index in [0.29, 0.717) is 13.2 Å². The van der Waals surface area contributed by atoms with Crippen molar-refractivity contribution in [2.45, 2.75) is 65.3 Å². The van der Waals surface area contributed by atoms with Crippen LogP contribution in [0, 0.1) is 0 Å². The molecule has 0 bridgehead atoms. The van der Waals surface area contributed by atoms with Gasteiger partial charge in [0.25, 0.3) is 0 Å². The van der Waals surface area contributed by atoms with Crippen LogP contribution in [0.3, 0.4) is 0 Å². The zero-order valence-corrected chi connectivity index (χ0v) is 12.6. The third-order valence-electron chi connectivity index (χ3n) is 2.57. The van der Waals surface area contributed by atoms with Crippen molar-refractivity contribution in [1.29, 1.82) is 0 Å². The van der Waals surface area contributed by atoms with E-state index in [4.69, 9.17) is 19.3 Å². The van der Waals surface area contributed by atoms with Crippen molar-refractivity contribution < 1.29 is 28.9 Å². The Morgan fingerprint density at radius 3 is 1.90 bits per heavy atom. The number of carbonyl (C=O) groups excluding carboxylic acids is 1. The number of carboxylic acids is 1. The van der Waals surface area contributed by atoms with Crippen LogP contribution in [-0.2, 0) is 23.8 Å². The first-order valence-electron chi connectivity index (χ1n) is 7.15. The highest BCUT2D eigenvalue weighted by atomic mass is 16.9. The van der Waals surface area contributed by atoms with E-state index < -0.39 is 17.9 Å². The van der Waals surface area contributed by atoms with E-state index in [1.165, 1.54) is 6.92 Å². The first-order valence-corrected chi connectivity index (χ1v) is 7.15. The molecule has 0 aromatic rings. The zero-order chi connectivity index (χ0) is 15.4. The Morgan fingerprint density at radius 2 is 1.50 bits per heavy atom. The summed E-state index contributed by atoms with van der Waals surface area (Å²) < 4.78 is 16.1. The Kier molecular flexibility index (Phi) is 10.0. The van der Waals surface area contributed by atoms with E-state index in [9.17, 15) is 9.59 Å². The second-order valence-electron chi connectivity index (χ2n) is 4.63. The molecule has 0 spiro atoms. The number of carbonyl (C=O) groups is 2. The maximum absolute atomic E-state index is 11.6. The van der Waals surface area contributed by atoms with Crippen molar-refractivity contribution in [3.8, 4) is 0 Å². The van der Waals surface area contributed by atoms with E-state index in [0.717, 1.165) is 25.7 Å². The number of esters is 1. The number of hydrogen-bond acceptors (Lipinski definition) is 5. The van der Waals surface area contributed by atoms with Gasteiger partial charge in [-0.3, -0.25) is 9.59 Å². The van der Waals surface area contributed by atoms with Gasteiger partial charge in [0.1, 0.15) is 0 Å². The lowest BCUT2D eigenvalue weighted by molar-refractivity contribution is -0.352. The first kappa shape index (κ1) is 18.9. The predicted molar refractivity (Wildman–Crippen MR) is 73.1 cm³/mol. The smallest absolute Gasteiger partial charge is 0.326 e. The summed E-state index contributed by atoms with van der Waals surface area (Å²) in [6.45, 7) is 6.43. The number of rotatable bonds is 12. The van der Waals surface area contributed by atoms with E-state index in [-0.39, 0.29) is 12.8 Å². The quantitative estimate of drug-likeness (QED) is 0.338. The molecule has 6 nitrogen and oxygen atoms in total. The zero-order valence-electron chi connectivity index (χ0n) is 12.6. The Labute approximate surface area is 120 Å². The Morgan fingerprint density at radius 1 is 1.00 bits per heavy atom. The fourth-order valence-electron chi connectivity index (χ4n) is 1.37. The fraction of sp³-hybridized carbons (Fsp3) is 0.857. The molecule has 118 valence electrons. The van der Waals surface area contributed by atoms with Crippen molar-refractivity contribution in [3.63, 3.8) is 0 Å². The lowest BCUT2D eigenvalue weighted by Gasteiger charge is -2.29. The van der Waals surface area contributed by atoms with Gasteiger partial charge in [-0.25, -0.2) is 0 Å². The average molecular weight is 290 g/mol. The van der Waals surface area contributed by atoms with Gasteiger partial charge >= 0.3 is 17.9 Å². The van der Waals surface area contributed by atoms with Gasteiger partial charge in [0, 0.05) is 6.92 Å². The molecular weight excluding hydrogens is 264 g/mol. The monoisotopic (exact) mass is 290 g/mol. The lowest BCUT2D eigenvalue weighted by atomic mass is 10.3. The van der Waals surface area contributed by atoms with Crippen molar-refractivity contribution in [2.24, 2.45) is 0 Å². The highest BCUT2D eigenvalue weighted by molar-refractivity contribution is 5.76. The van der Waals surface area contributed by atoms with E-state index in [1.54, 1.807) is 0 Å². The standard InChI is InChI=1S/C14H26O6/c1-4-6-10-18-14(3,19-11-7-5-2)20-13(17)9-8-12(15)16/h4-11H2,1-3H3,(H,15,16). The van der Waals surface area contributed by atoms with Crippen molar-refractivity contribution in [2.75, 3.05) is 13.2 Å². The molecule has 0 aromatic heterocycles. The van der Waals surface area contributed by atoms with E-state index in [2.05, 4.69) is 0 Å². The third kappa shape index (κ3) is 9.75. The summed E-state index contributed by atoms with van der Waals surface area (Å²) in [6, 6.07) is 0. The van der Waals surface area contributed by atoms with Crippen LogP contribution < -0.4 is 0 Å². The highest BCUT2D eigenvalue weighted by Crippen LogP contribution is 2.17. The van der Waals surface area contributed by atoms with Gasteiger partial charge in [0.2, 0.25) is 0 Å². The van der Waals surface area contributed by atoms with E-state index >= 15 is 0 Å². The molecule has 0 aliphatic heterocycles. The Bertz CT molecular complexity index is 279. The largest absolute Gasteiger partial charge is 0.481 e. The fourth-order valence-corrected chi connectivity index (χ4v) is 1.37. The molecule has 0 rings (SSSR count). The minimum absolute atomic E-state index is 0.195. The Balaban J connectivity index is 4.33. The van der Waals surface area contributed by atoms with Crippen LogP contribution in [0.4, 0.5) is 0 Å². The summed E-state index contributed by atoms with van der Waals surface area (Å²) in [5, 5.41) is 8.54. The molecule has 0 heterocycles. The molecule has 0 atom stereocenters. The number of unbranched alkanes of at least 4 members (excludes halogenated alkanes) is 2. The summed E-state index contributed by atoms with van der Waals surface area (Å²) >= 11 is 0. The molecule has 0 aromatic carbocycles. The number of ether oxygens (including phenoxy) is 3. The third-order valence-corrected chi connectivity index (χ3v) is 2.57. The molecule has 20 heavy (non-hydrogen) atoms. The molecule has 0 radical (unpaired) electrons. The summed E-state index contributed by atoms with van der Waals surface area (Å²) in [5.41, 5.74) is 0. The average Bonchev–Trinajstić information content (AvgIpc) is 2.37. The van der Waals surface area contributed by atoms with Crippen molar-refractivity contribution >= 4 is 11.9 Å². The Hall–Kier alpha value is -1.14. The van der Waals surface area contributed by atoms with Gasteiger partial charge in [0.05, 0.1) is 26.1 Å². The molecule has 6 heteroatoms. The van der Waals surface area contributed by atoms with Crippen LogP contribution in [0.2, 0.25) is 0 Å². The van der Waals surface area contributed by atoms with Crippen LogP contribution >= 0.6 is 0 Å². The van der Waals surface area contributed by atoms with Crippen molar-refractivity contribution in [1.82, 2.24) is 0 Å². The van der Waals surface area contributed by atoms with Crippen molar-refractivity contribution in [3.05, 3.63) is 0 Å². The second kappa shape index (κ2) is 10.6.